The number of carbonyl (C=O) groups excluding carboxylic acids is 3. The molecule has 0 aromatic heterocycles. The minimum Gasteiger partial charge on any atom is -0.302 e. The summed E-state index contributed by atoms with van der Waals surface area (Å²) >= 11 is 1.53. The molecular weight excluding hydrogens is 380 g/mol. The molecular formula is C25H24O3S. The van der Waals surface area contributed by atoms with Crippen molar-refractivity contribution in [1.29, 1.82) is 0 Å². The second-order valence-electron chi connectivity index (χ2n) is 7.99. The van der Waals surface area contributed by atoms with Gasteiger partial charge >= 0.3 is 0 Å². The average Bonchev–Trinajstić information content (AvgIpc) is 3.14. The molecule has 2 aliphatic rings. The van der Waals surface area contributed by atoms with Crippen LogP contribution < -0.4 is 0 Å². The highest BCUT2D eigenvalue weighted by molar-refractivity contribution is 8.05. The molecule has 0 bridgehead atoms. The number of carbonyl (C=O) groups is 3. The lowest BCUT2D eigenvalue weighted by Gasteiger charge is -2.29. The summed E-state index contributed by atoms with van der Waals surface area (Å²) in [4.78, 5) is 39.6. The lowest BCUT2D eigenvalue weighted by molar-refractivity contribution is -0.115. The Morgan fingerprint density at radius 1 is 0.966 bits per heavy atom. The third-order valence-electron chi connectivity index (χ3n) is 6.08. The lowest BCUT2D eigenvalue weighted by atomic mass is 9.71. The Morgan fingerprint density at radius 3 is 2.24 bits per heavy atom. The van der Waals surface area contributed by atoms with Gasteiger partial charge in [0.2, 0.25) is 0 Å². The Morgan fingerprint density at radius 2 is 1.62 bits per heavy atom. The second-order valence-corrected chi connectivity index (χ2v) is 9.42. The van der Waals surface area contributed by atoms with E-state index in [1.807, 2.05) is 60.7 Å². The largest absolute Gasteiger partial charge is 0.302 e. The molecule has 0 N–H and O–H groups in total. The highest BCUT2D eigenvalue weighted by Gasteiger charge is 2.56. The summed E-state index contributed by atoms with van der Waals surface area (Å²) in [5.74, 6) is 0.0657. The summed E-state index contributed by atoms with van der Waals surface area (Å²) in [6.07, 6.45) is 7.06. The van der Waals surface area contributed by atoms with Gasteiger partial charge in [0.15, 0.2) is 11.6 Å². The van der Waals surface area contributed by atoms with Crippen LogP contribution in [0.15, 0.2) is 71.6 Å². The molecule has 0 spiro atoms. The predicted octanol–water partition coefficient (Wildman–Crippen LogP) is 5.66. The smallest absolute Gasteiger partial charge is 0.179 e. The maximum absolute atomic E-state index is 13.6. The fourth-order valence-electron chi connectivity index (χ4n) is 4.53. The van der Waals surface area contributed by atoms with Crippen LogP contribution in [-0.2, 0) is 4.79 Å². The first-order chi connectivity index (χ1) is 14.1. The molecule has 2 unspecified atom stereocenters. The van der Waals surface area contributed by atoms with Crippen molar-refractivity contribution in [3.63, 3.8) is 0 Å². The number of hydrogen-bond acceptors (Lipinski definition) is 4. The van der Waals surface area contributed by atoms with Crippen LogP contribution in [0.1, 0.15) is 59.2 Å². The summed E-state index contributed by atoms with van der Waals surface area (Å²) < 4.78 is -0.775. The maximum Gasteiger partial charge on any atom is 0.179 e. The minimum absolute atomic E-state index is 0.0282. The van der Waals surface area contributed by atoms with Crippen LogP contribution in [0.3, 0.4) is 0 Å². The molecule has 1 aliphatic heterocycles. The maximum atomic E-state index is 13.6. The van der Waals surface area contributed by atoms with E-state index in [0.29, 0.717) is 24.0 Å². The van der Waals surface area contributed by atoms with Gasteiger partial charge in [-0.05, 0) is 37.0 Å². The van der Waals surface area contributed by atoms with E-state index in [1.54, 1.807) is 0 Å². The van der Waals surface area contributed by atoms with Crippen molar-refractivity contribution in [2.24, 2.45) is 5.41 Å². The minimum atomic E-state index is -0.775. The van der Waals surface area contributed by atoms with Crippen molar-refractivity contribution >= 4 is 29.6 Å². The molecule has 4 rings (SSSR count). The van der Waals surface area contributed by atoms with E-state index in [1.165, 1.54) is 11.8 Å². The van der Waals surface area contributed by atoms with Crippen LogP contribution in [0.5, 0.6) is 0 Å². The van der Waals surface area contributed by atoms with Crippen LogP contribution in [0.4, 0.5) is 0 Å². The molecule has 1 saturated heterocycles. The fraction of sp³-hybridized carbons (Fsp3) is 0.320. The van der Waals surface area contributed by atoms with Crippen LogP contribution in [-0.4, -0.2) is 22.6 Å². The van der Waals surface area contributed by atoms with Gasteiger partial charge in [0.1, 0.15) is 6.29 Å². The van der Waals surface area contributed by atoms with Gasteiger partial charge in [-0.15, -0.1) is 11.8 Å². The first-order valence-corrected chi connectivity index (χ1v) is 10.9. The second kappa shape index (κ2) is 8.11. The predicted molar refractivity (Wildman–Crippen MR) is 116 cm³/mol. The topological polar surface area (TPSA) is 51.2 Å². The molecule has 4 heteroatoms. The molecule has 2 aromatic rings. The van der Waals surface area contributed by atoms with Crippen LogP contribution in [0.2, 0.25) is 0 Å². The summed E-state index contributed by atoms with van der Waals surface area (Å²) in [5.41, 5.74) is 0.746. The van der Waals surface area contributed by atoms with Crippen molar-refractivity contribution in [3.05, 3.63) is 82.8 Å². The number of Topliss-reactive ketones (excluding diaryl/α,β-unsaturated/α-hetero) is 2. The highest BCUT2D eigenvalue weighted by atomic mass is 32.2. The Kier molecular flexibility index (Phi) is 5.55. The van der Waals surface area contributed by atoms with Crippen LogP contribution in [0.25, 0.3) is 0 Å². The van der Waals surface area contributed by atoms with E-state index in [9.17, 15) is 14.4 Å². The molecule has 29 heavy (non-hydrogen) atoms. The molecule has 0 radical (unpaired) electrons. The Labute approximate surface area is 175 Å². The van der Waals surface area contributed by atoms with Crippen molar-refractivity contribution in [2.75, 3.05) is 0 Å². The van der Waals surface area contributed by atoms with Gasteiger partial charge in [-0.25, -0.2) is 0 Å². The number of hydrogen-bond donors (Lipinski definition) is 0. The van der Waals surface area contributed by atoms with Crippen molar-refractivity contribution in [2.45, 2.75) is 43.3 Å². The molecule has 0 amide bonds. The van der Waals surface area contributed by atoms with Crippen LogP contribution in [0, 0.1) is 5.41 Å². The molecule has 1 fully saturated rings. The van der Waals surface area contributed by atoms with Crippen molar-refractivity contribution in [1.82, 2.24) is 0 Å². The molecule has 1 aliphatic carbocycles. The lowest BCUT2D eigenvalue weighted by Crippen LogP contribution is -2.37. The SMILES string of the molecule is O=CC12CCCC=C1SC(CCC(=O)c1ccccc1)(C(=O)c1ccccc1)C2. The van der Waals surface area contributed by atoms with Gasteiger partial charge in [-0.2, -0.15) is 0 Å². The zero-order chi connectivity index (χ0) is 20.3. The van der Waals surface area contributed by atoms with Gasteiger partial charge in [0.05, 0.1) is 10.2 Å². The average molecular weight is 405 g/mol. The molecule has 0 saturated carbocycles. The quantitative estimate of drug-likeness (QED) is 0.441. The number of thioether (sulfide) groups is 1. The zero-order valence-corrected chi connectivity index (χ0v) is 17.1. The molecule has 148 valence electrons. The zero-order valence-electron chi connectivity index (χ0n) is 16.3. The highest BCUT2D eigenvalue weighted by Crippen LogP contribution is 2.62. The van der Waals surface area contributed by atoms with Crippen molar-refractivity contribution in [3.8, 4) is 0 Å². The summed E-state index contributed by atoms with van der Waals surface area (Å²) in [6, 6.07) is 18.5. The fourth-order valence-corrected chi connectivity index (χ4v) is 6.32. The number of aldehydes is 1. The van der Waals surface area contributed by atoms with Crippen molar-refractivity contribution < 1.29 is 14.4 Å². The number of benzene rings is 2. The van der Waals surface area contributed by atoms with Gasteiger partial charge < -0.3 is 4.79 Å². The molecule has 2 atom stereocenters. The Hall–Kier alpha value is -2.46. The number of rotatable bonds is 7. The van der Waals surface area contributed by atoms with E-state index in [4.69, 9.17) is 0 Å². The summed E-state index contributed by atoms with van der Waals surface area (Å²) in [5, 5.41) is 0. The monoisotopic (exact) mass is 404 g/mol. The third kappa shape index (κ3) is 3.74. The summed E-state index contributed by atoms with van der Waals surface area (Å²) in [6.45, 7) is 0. The Balaban J connectivity index is 1.66. The molecule has 3 nitrogen and oxygen atoms in total. The molecule has 2 aromatic carbocycles. The van der Waals surface area contributed by atoms with Crippen LogP contribution >= 0.6 is 11.8 Å². The van der Waals surface area contributed by atoms with E-state index < -0.39 is 10.2 Å². The van der Waals surface area contributed by atoms with Gasteiger partial charge in [0, 0.05) is 17.5 Å². The van der Waals surface area contributed by atoms with E-state index >= 15 is 0 Å². The first kappa shape index (κ1) is 19.8. The third-order valence-corrected chi connectivity index (χ3v) is 7.80. The van der Waals surface area contributed by atoms with Gasteiger partial charge in [-0.3, -0.25) is 9.59 Å². The normalized spacial score (nSPS) is 25.7. The summed E-state index contributed by atoms with van der Waals surface area (Å²) in [7, 11) is 0. The standard InChI is InChI=1S/C25H24O3S/c26-18-24-15-8-7-13-22(24)29-25(17-24,23(28)20-11-5-2-6-12-20)16-14-21(27)19-9-3-1-4-10-19/h1-6,9-13,18H,7-8,14-17H2. The number of allylic oxidation sites excluding steroid dienone is 2. The van der Waals surface area contributed by atoms with E-state index in [2.05, 4.69) is 6.08 Å². The van der Waals surface area contributed by atoms with Gasteiger partial charge in [-0.1, -0.05) is 66.7 Å². The van der Waals surface area contributed by atoms with E-state index in [0.717, 1.165) is 30.5 Å². The van der Waals surface area contributed by atoms with E-state index in [-0.39, 0.29) is 18.0 Å². The number of fused-ring (bicyclic) bond motifs is 1. The molecule has 1 heterocycles. The Bertz CT molecular complexity index is 951. The first-order valence-electron chi connectivity index (χ1n) is 10.1. The number of ketones is 2. The van der Waals surface area contributed by atoms with Gasteiger partial charge in [0.25, 0.3) is 0 Å².